The number of carbonyl (C=O) groups excluding carboxylic acids is 1. The Kier molecular flexibility index (Phi) is 4.57. The Balaban J connectivity index is 1.69. The van der Waals surface area contributed by atoms with Crippen molar-refractivity contribution in [3.63, 3.8) is 0 Å². The van der Waals surface area contributed by atoms with E-state index in [4.69, 9.17) is 4.42 Å². The van der Waals surface area contributed by atoms with Crippen LogP contribution >= 0.6 is 0 Å². The molecule has 3 rings (SSSR count). The molecule has 2 heterocycles. The van der Waals surface area contributed by atoms with Gasteiger partial charge in [-0.25, -0.2) is 0 Å². The zero-order chi connectivity index (χ0) is 17.3. The van der Waals surface area contributed by atoms with E-state index in [0.717, 1.165) is 23.2 Å². The molecule has 1 amide bonds. The van der Waals surface area contributed by atoms with Crippen molar-refractivity contribution in [3.05, 3.63) is 36.1 Å². The predicted molar refractivity (Wildman–Crippen MR) is 89.6 cm³/mol. The van der Waals surface area contributed by atoms with Crippen molar-refractivity contribution >= 4 is 22.8 Å². The average molecular weight is 330 g/mol. The standard InChI is InChI=1S/C18H22N2O4/c1-12(16-10-13-6-3-4-8-15(13)24-16)19(2)17(21)11-20-9-5-7-14(20)18(22)23/h3-4,6,8,10,12,14H,5,7,9,11H2,1-2H3,(H,22,23)/t12-,14-/m1/s1. The van der Waals surface area contributed by atoms with Gasteiger partial charge in [-0.1, -0.05) is 18.2 Å². The fraction of sp³-hybridized carbons (Fsp3) is 0.444. The zero-order valence-electron chi connectivity index (χ0n) is 13.9. The van der Waals surface area contributed by atoms with Crippen LogP contribution in [-0.2, 0) is 9.59 Å². The number of amides is 1. The van der Waals surface area contributed by atoms with E-state index < -0.39 is 12.0 Å². The van der Waals surface area contributed by atoms with E-state index in [1.165, 1.54) is 0 Å². The van der Waals surface area contributed by atoms with Crippen molar-refractivity contribution in [2.75, 3.05) is 20.1 Å². The molecule has 2 aromatic rings. The predicted octanol–water partition coefficient (Wildman–Crippen LogP) is 2.50. The van der Waals surface area contributed by atoms with Crippen molar-refractivity contribution in [1.29, 1.82) is 0 Å². The van der Waals surface area contributed by atoms with Crippen LogP contribution in [0, 0.1) is 0 Å². The maximum Gasteiger partial charge on any atom is 0.320 e. The van der Waals surface area contributed by atoms with Crippen LogP contribution in [0.4, 0.5) is 0 Å². The summed E-state index contributed by atoms with van der Waals surface area (Å²) in [4.78, 5) is 27.1. The minimum atomic E-state index is -0.853. The second kappa shape index (κ2) is 6.65. The number of carbonyl (C=O) groups is 2. The van der Waals surface area contributed by atoms with Gasteiger partial charge >= 0.3 is 5.97 Å². The van der Waals surface area contributed by atoms with E-state index in [-0.39, 0.29) is 18.5 Å². The molecule has 1 saturated heterocycles. The molecule has 1 fully saturated rings. The first kappa shape index (κ1) is 16.5. The molecular weight excluding hydrogens is 308 g/mol. The number of carboxylic acid groups (broad SMARTS) is 1. The summed E-state index contributed by atoms with van der Waals surface area (Å²) in [7, 11) is 1.73. The molecular formula is C18H22N2O4. The minimum Gasteiger partial charge on any atom is -0.480 e. The summed E-state index contributed by atoms with van der Waals surface area (Å²) in [6, 6.07) is 8.90. The summed E-state index contributed by atoms with van der Waals surface area (Å²) in [5.41, 5.74) is 0.797. The van der Waals surface area contributed by atoms with Crippen molar-refractivity contribution in [1.82, 2.24) is 9.80 Å². The number of hydrogen-bond donors (Lipinski definition) is 1. The van der Waals surface area contributed by atoms with E-state index in [1.807, 2.05) is 37.3 Å². The molecule has 1 aliphatic rings. The lowest BCUT2D eigenvalue weighted by atomic mass is 10.2. The monoisotopic (exact) mass is 330 g/mol. The number of para-hydroxylation sites is 1. The lowest BCUT2D eigenvalue weighted by Gasteiger charge is -2.27. The summed E-state index contributed by atoms with van der Waals surface area (Å²) in [5, 5.41) is 10.2. The second-order valence-electron chi connectivity index (χ2n) is 6.33. The van der Waals surface area contributed by atoms with E-state index in [9.17, 15) is 14.7 Å². The van der Waals surface area contributed by atoms with E-state index in [1.54, 1.807) is 16.8 Å². The number of nitrogens with zero attached hydrogens (tertiary/aromatic N) is 2. The molecule has 0 spiro atoms. The van der Waals surface area contributed by atoms with Crippen LogP contribution in [0.2, 0.25) is 0 Å². The third kappa shape index (κ3) is 3.14. The van der Waals surface area contributed by atoms with Crippen LogP contribution in [0.25, 0.3) is 11.0 Å². The Bertz CT molecular complexity index is 721. The first-order valence-electron chi connectivity index (χ1n) is 8.18. The Hall–Kier alpha value is -2.34. The molecule has 2 atom stereocenters. The van der Waals surface area contributed by atoms with Gasteiger partial charge in [-0.3, -0.25) is 14.5 Å². The highest BCUT2D eigenvalue weighted by atomic mass is 16.4. The van der Waals surface area contributed by atoms with Crippen molar-refractivity contribution in [3.8, 4) is 0 Å². The van der Waals surface area contributed by atoms with Crippen LogP contribution in [0.3, 0.4) is 0 Å². The third-order valence-corrected chi connectivity index (χ3v) is 4.82. The Morgan fingerprint density at radius 3 is 2.88 bits per heavy atom. The highest BCUT2D eigenvalue weighted by Gasteiger charge is 2.33. The number of likely N-dealkylation sites (tertiary alicyclic amines) is 1. The summed E-state index contributed by atoms with van der Waals surface area (Å²) in [6.45, 7) is 2.68. The van der Waals surface area contributed by atoms with Crippen molar-refractivity contribution < 1.29 is 19.1 Å². The Morgan fingerprint density at radius 1 is 1.42 bits per heavy atom. The van der Waals surface area contributed by atoms with Crippen LogP contribution in [0.1, 0.15) is 31.6 Å². The minimum absolute atomic E-state index is 0.101. The first-order chi connectivity index (χ1) is 11.5. The molecule has 0 unspecified atom stereocenters. The number of hydrogen-bond acceptors (Lipinski definition) is 4. The summed E-state index contributed by atoms with van der Waals surface area (Å²) >= 11 is 0. The normalized spacial score (nSPS) is 19.5. The summed E-state index contributed by atoms with van der Waals surface area (Å²) in [6.07, 6.45) is 1.42. The van der Waals surface area contributed by atoms with Gasteiger partial charge in [0.15, 0.2) is 0 Å². The van der Waals surface area contributed by atoms with E-state index >= 15 is 0 Å². The quantitative estimate of drug-likeness (QED) is 0.912. The Labute approximate surface area is 140 Å². The fourth-order valence-corrected chi connectivity index (χ4v) is 3.20. The average Bonchev–Trinajstić information content (AvgIpc) is 3.19. The van der Waals surface area contributed by atoms with E-state index in [0.29, 0.717) is 13.0 Å². The number of carboxylic acids is 1. The SMILES string of the molecule is C[C@H](c1cc2ccccc2o1)N(C)C(=O)CN1CCC[C@@H]1C(=O)O. The van der Waals surface area contributed by atoms with Crippen LogP contribution < -0.4 is 0 Å². The van der Waals surface area contributed by atoms with Crippen LogP contribution in [-0.4, -0.2) is 53.0 Å². The number of benzene rings is 1. The smallest absolute Gasteiger partial charge is 0.320 e. The highest BCUT2D eigenvalue weighted by Crippen LogP contribution is 2.27. The van der Waals surface area contributed by atoms with Gasteiger partial charge in [0.25, 0.3) is 0 Å². The molecule has 1 aromatic heterocycles. The molecule has 24 heavy (non-hydrogen) atoms. The van der Waals surface area contributed by atoms with Gasteiger partial charge < -0.3 is 14.4 Å². The van der Waals surface area contributed by atoms with Crippen LogP contribution in [0.5, 0.6) is 0 Å². The van der Waals surface area contributed by atoms with Crippen LogP contribution in [0.15, 0.2) is 34.7 Å². The van der Waals surface area contributed by atoms with Gasteiger partial charge in [0.05, 0.1) is 12.6 Å². The molecule has 1 N–H and O–H groups in total. The molecule has 0 saturated carbocycles. The molecule has 6 nitrogen and oxygen atoms in total. The molecule has 0 aliphatic carbocycles. The van der Waals surface area contributed by atoms with Crippen molar-refractivity contribution in [2.24, 2.45) is 0 Å². The Morgan fingerprint density at radius 2 is 2.17 bits per heavy atom. The van der Waals surface area contributed by atoms with Gasteiger partial charge in [-0.2, -0.15) is 0 Å². The van der Waals surface area contributed by atoms with Gasteiger partial charge in [0, 0.05) is 12.4 Å². The summed E-state index contributed by atoms with van der Waals surface area (Å²) in [5.74, 6) is -0.229. The fourth-order valence-electron chi connectivity index (χ4n) is 3.20. The number of furan rings is 1. The maximum atomic E-state index is 12.5. The maximum absolute atomic E-state index is 12.5. The zero-order valence-corrected chi connectivity index (χ0v) is 13.9. The lowest BCUT2D eigenvalue weighted by molar-refractivity contribution is -0.143. The van der Waals surface area contributed by atoms with Gasteiger partial charge in [-0.05, 0) is 38.4 Å². The number of rotatable bonds is 5. The van der Waals surface area contributed by atoms with Crippen molar-refractivity contribution in [2.45, 2.75) is 31.8 Å². The molecule has 128 valence electrons. The molecule has 1 aliphatic heterocycles. The number of likely N-dealkylation sites (N-methyl/N-ethyl adjacent to an activating group) is 1. The lowest BCUT2D eigenvalue weighted by Crippen LogP contribution is -2.44. The van der Waals surface area contributed by atoms with Gasteiger partial charge in [-0.15, -0.1) is 0 Å². The van der Waals surface area contributed by atoms with E-state index in [2.05, 4.69) is 0 Å². The molecule has 6 heteroatoms. The topological polar surface area (TPSA) is 74.0 Å². The second-order valence-corrected chi connectivity index (χ2v) is 6.33. The highest BCUT2D eigenvalue weighted by molar-refractivity contribution is 5.81. The third-order valence-electron chi connectivity index (χ3n) is 4.82. The molecule has 0 bridgehead atoms. The number of aliphatic carboxylic acids is 1. The first-order valence-corrected chi connectivity index (χ1v) is 8.18. The largest absolute Gasteiger partial charge is 0.480 e. The number of fused-ring (bicyclic) bond motifs is 1. The van der Waals surface area contributed by atoms with Gasteiger partial charge in [0.1, 0.15) is 17.4 Å². The molecule has 0 radical (unpaired) electrons. The molecule has 1 aromatic carbocycles. The van der Waals surface area contributed by atoms with Gasteiger partial charge in [0.2, 0.25) is 5.91 Å². The summed E-state index contributed by atoms with van der Waals surface area (Å²) < 4.78 is 5.83.